The first-order valence-corrected chi connectivity index (χ1v) is 6.74. The molecule has 0 saturated carbocycles. The maximum atomic E-state index is 10.8. The number of nitrogens with zero attached hydrogens (tertiary/aromatic N) is 2. The quantitative estimate of drug-likeness (QED) is 0.630. The van der Waals surface area contributed by atoms with Gasteiger partial charge < -0.3 is 4.74 Å². The summed E-state index contributed by atoms with van der Waals surface area (Å²) < 4.78 is 5.60. The van der Waals surface area contributed by atoms with E-state index in [0.29, 0.717) is 18.2 Å². The standard InChI is InChI=1S/C13H17ClN2O3/c1-2-12-9-15(5-6-19-12)8-10-7-11(16(17)18)3-4-13(10)14/h3-4,7,12H,2,5-6,8-9H2,1H3. The van der Waals surface area contributed by atoms with Crippen LogP contribution in [0, 0.1) is 10.1 Å². The highest BCUT2D eigenvalue weighted by atomic mass is 35.5. The highest BCUT2D eigenvalue weighted by Crippen LogP contribution is 2.24. The summed E-state index contributed by atoms with van der Waals surface area (Å²) in [5, 5.41) is 11.4. The minimum Gasteiger partial charge on any atom is -0.376 e. The molecule has 1 heterocycles. The highest BCUT2D eigenvalue weighted by molar-refractivity contribution is 6.31. The number of benzene rings is 1. The number of rotatable bonds is 4. The van der Waals surface area contributed by atoms with Crippen LogP contribution in [-0.2, 0) is 11.3 Å². The van der Waals surface area contributed by atoms with E-state index in [9.17, 15) is 10.1 Å². The molecular formula is C13H17ClN2O3. The molecule has 1 atom stereocenters. The summed E-state index contributed by atoms with van der Waals surface area (Å²) >= 11 is 6.11. The van der Waals surface area contributed by atoms with E-state index >= 15 is 0 Å². The third kappa shape index (κ3) is 3.65. The van der Waals surface area contributed by atoms with Crippen molar-refractivity contribution >= 4 is 17.3 Å². The van der Waals surface area contributed by atoms with Gasteiger partial charge in [0.2, 0.25) is 0 Å². The first-order valence-electron chi connectivity index (χ1n) is 6.37. The van der Waals surface area contributed by atoms with E-state index in [1.807, 2.05) is 0 Å². The molecule has 5 nitrogen and oxygen atoms in total. The van der Waals surface area contributed by atoms with E-state index in [0.717, 1.165) is 25.1 Å². The summed E-state index contributed by atoms with van der Waals surface area (Å²) in [7, 11) is 0. The van der Waals surface area contributed by atoms with E-state index in [1.54, 1.807) is 12.1 Å². The normalized spacial score (nSPS) is 20.4. The van der Waals surface area contributed by atoms with Crippen molar-refractivity contribution in [1.29, 1.82) is 0 Å². The van der Waals surface area contributed by atoms with E-state index < -0.39 is 4.92 Å². The minimum absolute atomic E-state index is 0.0831. The fourth-order valence-electron chi connectivity index (χ4n) is 2.21. The van der Waals surface area contributed by atoms with Crippen LogP contribution in [0.3, 0.4) is 0 Å². The summed E-state index contributed by atoms with van der Waals surface area (Å²) in [5.74, 6) is 0. The first-order chi connectivity index (χ1) is 9.10. The summed E-state index contributed by atoms with van der Waals surface area (Å²) in [4.78, 5) is 12.6. The Morgan fingerprint density at radius 3 is 3.05 bits per heavy atom. The van der Waals surface area contributed by atoms with Crippen LogP contribution >= 0.6 is 11.6 Å². The summed E-state index contributed by atoms with van der Waals surface area (Å²) in [6.45, 7) is 5.09. The third-order valence-electron chi connectivity index (χ3n) is 3.31. The van der Waals surface area contributed by atoms with Gasteiger partial charge in [0.25, 0.3) is 5.69 Å². The second-order valence-electron chi connectivity index (χ2n) is 4.67. The second kappa shape index (κ2) is 6.32. The number of halogens is 1. The van der Waals surface area contributed by atoms with E-state index in [2.05, 4.69) is 11.8 Å². The van der Waals surface area contributed by atoms with Crippen molar-refractivity contribution < 1.29 is 9.66 Å². The molecule has 0 spiro atoms. The molecule has 0 bridgehead atoms. The van der Waals surface area contributed by atoms with Crippen molar-refractivity contribution in [2.24, 2.45) is 0 Å². The molecule has 1 aromatic carbocycles. The number of hydrogen-bond acceptors (Lipinski definition) is 4. The van der Waals surface area contributed by atoms with Crippen molar-refractivity contribution in [3.8, 4) is 0 Å². The predicted molar refractivity (Wildman–Crippen MR) is 73.4 cm³/mol. The zero-order chi connectivity index (χ0) is 13.8. The third-order valence-corrected chi connectivity index (χ3v) is 3.68. The maximum Gasteiger partial charge on any atom is 0.269 e. The predicted octanol–water partition coefficient (Wildman–Crippen LogP) is 2.86. The molecule has 0 aliphatic carbocycles. The van der Waals surface area contributed by atoms with Crippen molar-refractivity contribution in [3.05, 3.63) is 38.9 Å². The maximum absolute atomic E-state index is 10.8. The van der Waals surface area contributed by atoms with Gasteiger partial charge in [-0.05, 0) is 18.1 Å². The van der Waals surface area contributed by atoms with Crippen LogP contribution in [0.25, 0.3) is 0 Å². The first kappa shape index (κ1) is 14.2. The second-order valence-corrected chi connectivity index (χ2v) is 5.08. The molecule has 0 amide bonds. The molecule has 2 rings (SSSR count). The SMILES string of the molecule is CCC1CN(Cc2cc([N+](=O)[O-])ccc2Cl)CCO1. The van der Waals surface area contributed by atoms with Crippen LogP contribution in [0.5, 0.6) is 0 Å². The lowest BCUT2D eigenvalue weighted by molar-refractivity contribution is -0.384. The lowest BCUT2D eigenvalue weighted by Crippen LogP contribution is -2.41. The van der Waals surface area contributed by atoms with Crippen LogP contribution in [0.4, 0.5) is 5.69 Å². The average Bonchev–Trinajstić information content (AvgIpc) is 2.41. The van der Waals surface area contributed by atoms with Gasteiger partial charge in [-0.25, -0.2) is 0 Å². The smallest absolute Gasteiger partial charge is 0.269 e. The Kier molecular flexibility index (Phi) is 4.74. The van der Waals surface area contributed by atoms with Gasteiger partial charge >= 0.3 is 0 Å². The van der Waals surface area contributed by atoms with Crippen molar-refractivity contribution in [2.45, 2.75) is 26.0 Å². The van der Waals surface area contributed by atoms with Crippen molar-refractivity contribution in [1.82, 2.24) is 4.90 Å². The zero-order valence-electron chi connectivity index (χ0n) is 10.8. The average molecular weight is 285 g/mol. The van der Waals surface area contributed by atoms with Gasteiger partial charge in [-0.3, -0.25) is 15.0 Å². The number of morpholine rings is 1. The molecule has 0 aromatic heterocycles. The Morgan fingerprint density at radius 2 is 2.37 bits per heavy atom. The summed E-state index contributed by atoms with van der Waals surface area (Å²) in [6.07, 6.45) is 1.21. The summed E-state index contributed by atoms with van der Waals surface area (Å²) in [6, 6.07) is 4.57. The summed E-state index contributed by atoms with van der Waals surface area (Å²) in [5.41, 5.74) is 0.882. The Hall–Kier alpha value is -1.17. The fourth-order valence-corrected chi connectivity index (χ4v) is 2.39. The number of ether oxygens (including phenoxy) is 1. The number of nitro benzene ring substituents is 1. The van der Waals surface area contributed by atoms with E-state index in [1.165, 1.54) is 6.07 Å². The van der Waals surface area contributed by atoms with Gasteiger partial charge in [0.05, 0.1) is 17.6 Å². The van der Waals surface area contributed by atoms with Crippen molar-refractivity contribution in [2.75, 3.05) is 19.7 Å². The number of hydrogen-bond donors (Lipinski definition) is 0. The van der Waals surface area contributed by atoms with Gasteiger partial charge in [0.15, 0.2) is 0 Å². The molecule has 1 aromatic rings. The van der Waals surface area contributed by atoms with Crippen LogP contribution in [0.15, 0.2) is 18.2 Å². The van der Waals surface area contributed by atoms with Gasteiger partial charge in [-0.2, -0.15) is 0 Å². The topological polar surface area (TPSA) is 55.6 Å². The molecule has 19 heavy (non-hydrogen) atoms. The van der Waals surface area contributed by atoms with Crippen LogP contribution in [0.1, 0.15) is 18.9 Å². The van der Waals surface area contributed by atoms with Gasteiger partial charge in [-0.15, -0.1) is 0 Å². The molecule has 6 heteroatoms. The number of nitro groups is 1. The molecule has 1 saturated heterocycles. The van der Waals surface area contributed by atoms with Crippen LogP contribution in [0.2, 0.25) is 5.02 Å². The van der Waals surface area contributed by atoms with Gasteiger partial charge in [-0.1, -0.05) is 18.5 Å². The Labute approximate surface area is 117 Å². The fraction of sp³-hybridized carbons (Fsp3) is 0.538. The molecule has 104 valence electrons. The van der Waals surface area contributed by atoms with Crippen molar-refractivity contribution in [3.63, 3.8) is 0 Å². The molecule has 0 radical (unpaired) electrons. The van der Waals surface area contributed by atoms with E-state index in [-0.39, 0.29) is 11.8 Å². The monoisotopic (exact) mass is 284 g/mol. The lowest BCUT2D eigenvalue weighted by Gasteiger charge is -2.32. The molecular weight excluding hydrogens is 268 g/mol. The lowest BCUT2D eigenvalue weighted by atomic mass is 10.1. The zero-order valence-corrected chi connectivity index (χ0v) is 11.6. The molecule has 1 aliphatic heterocycles. The Balaban J connectivity index is 2.09. The molecule has 1 fully saturated rings. The highest BCUT2D eigenvalue weighted by Gasteiger charge is 2.20. The minimum atomic E-state index is -0.395. The Bertz CT molecular complexity index is 467. The number of non-ortho nitro benzene ring substituents is 1. The molecule has 1 unspecified atom stereocenters. The molecule has 1 aliphatic rings. The van der Waals surface area contributed by atoms with Gasteiger partial charge in [0.1, 0.15) is 0 Å². The van der Waals surface area contributed by atoms with Crippen LogP contribution < -0.4 is 0 Å². The van der Waals surface area contributed by atoms with Crippen LogP contribution in [-0.4, -0.2) is 35.6 Å². The Morgan fingerprint density at radius 1 is 1.58 bits per heavy atom. The van der Waals surface area contributed by atoms with Gasteiger partial charge in [0, 0.05) is 36.8 Å². The molecule has 0 N–H and O–H groups in total. The van der Waals surface area contributed by atoms with E-state index in [4.69, 9.17) is 16.3 Å². The largest absolute Gasteiger partial charge is 0.376 e.